The molecule has 3 heteroatoms. The number of rotatable bonds is 4. The largest absolute Gasteiger partial charge is 0.369 e. The van der Waals surface area contributed by atoms with Crippen LogP contribution in [0, 0.1) is 12.8 Å². The summed E-state index contributed by atoms with van der Waals surface area (Å²) >= 11 is 3.52. The molecule has 0 aliphatic heterocycles. The maximum absolute atomic E-state index is 4.36. The van der Waals surface area contributed by atoms with Gasteiger partial charge in [0.05, 0.1) is 4.47 Å². The Morgan fingerprint density at radius 2 is 2.33 bits per heavy atom. The summed E-state index contributed by atoms with van der Waals surface area (Å²) < 4.78 is 1.07. The Kier molecular flexibility index (Phi) is 3.62. The Morgan fingerprint density at radius 3 is 2.93 bits per heavy atom. The van der Waals surface area contributed by atoms with Crippen molar-refractivity contribution < 1.29 is 0 Å². The van der Waals surface area contributed by atoms with Gasteiger partial charge in [-0.2, -0.15) is 0 Å². The first kappa shape index (κ1) is 10.9. The highest BCUT2D eigenvalue weighted by Crippen LogP contribution is 2.29. The maximum atomic E-state index is 4.36. The SMILES string of the molecule is Cc1cnc(NCCC2CCC2)c(Br)c1. The van der Waals surface area contributed by atoms with E-state index in [-0.39, 0.29) is 0 Å². The summed E-state index contributed by atoms with van der Waals surface area (Å²) in [5.41, 5.74) is 1.19. The smallest absolute Gasteiger partial charge is 0.140 e. The van der Waals surface area contributed by atoms with E-state index in [0.29, 0.717) is 0 Å². The highest BCUT2D eigenvalue weighted by molar-refractivity contribution is 9.10. The summed E-state index contributed by atoms with van der Waals surface area (Å²) in [5, 5.41) is 3.38. The van der Waals surface area contributed by atoms with Crippen LogP contribution in [0.4, 0.5) is 5.82 Å². The Bertz CT molecular complexity index is 334. The summed E-state index contributed by atoms with van der Waals surface area (Å²) in [5.74, 6) is 1.93. The zero-order chi connectivity index (χ0) is 10.7. The standard InChI is InChI=1S/C12H17BrN2/c1-9-7-11(13)12(15-8-9)14-6-5-10-3-2-4-10/h7-8,10H,2-6H2,1H3,(H,14,15). The molecule has 0 spiro atoms. The van der Waals surface area contributed by atoms with Crippen molar-refractivity contribution >= 4 is 21.7 Å². The van der Waals surface area contributed by atoms with Crippen molar-refractivity contribution in [1.29, 1.82) is 0 Å². The Morgan fingerprint density at radius 1 is 1.53 bits per heavy atom. The van der Waals surface area contributed by atoms with Crippen molar-refractivity contribution in [3.63, 3.8) is 0 Å². The van der Waals surface area contributed by atoms with E-state index >= 15 is 0 Å². The van der Waals surface area contributed by atoms with Crippen LogP contribution in [0.1, 0.15) is 31.2 Å². The number of hydrogen-bond donors (Lipinski definition) is 1. The molecule has 1 N–H and O–H groups in total. The van der Waals surface area contributed by atoms with Gasteiger partial charge in [-0.05, 0) is 46.8 Å². The third-order valence-corrected chi connectivity index (χ3v) is 3.65. The van der Waals surface area contributed by atoms with Gasteiger partial charge in [-0.25, -0.2) is 4.98 Å². The molecule has 0 aromatic carbocycles. The van der Waals surface area contributed by atoms with Gasteiger partial charge < -0.3 is 5.32 Å². The first-order chi connectivity index (χ1) is 7.25. The predicted molar refractivity (Wildman–Crippen MR) is 67.1 cm³/mol. The molecule has 0 saturated heterocycles. The van der Waals surface area contributed by atoms with Crippen molar-refractivity contribution in [3.05, 3.63) is 22.3 Å². The summed E-state index contributed by atoms with van der Waals surface area (Å²) in [4.78, 5) is 4.36. The van der Waals surface area contributed by atoms with Crippen LogP contribution in [0.3, 0.4) is 0 Å². The fourth-order valence-electron chi connectivity index (χ4n) is 1.84. The quantitative estimate of drug-likeness (QED) is 0.900. The number of anilines is 1. The zero-order valence-electron chi connectivity index (χ0n) is 9.09. The molecule has 1 aliphatic rings. The highest BCUT2D eigenvalue weighted by atomic mass is 79.9. The van der Waals surface area contributed by atoms with E-state index in [1.54, 1.807) is 0 Å². The molecule has 1 heterocycles. The van der Waals surface area contributed by atoms with Gasteiger partial charge in [-0.1, -0.05) is 19.3 Å². The predicted octanol–water partition coefficient (Wildman–Crippen LogP) is 3.75. The summed E-state index contributed by atoms with van der Waals surface area (Å²) in [6.45, 7) is 3.09. The van der Waals surface area contributed by atoms with Crippen molar-refractivity contribution in [2.24, 2.45) is 5.92 Å². The molecule has 2 nitrogen and oxygen atoms in total. The van der Waals surface area contributed by atoms with E-state index in [2.05, 4.69) is 39.2 Å². The molecule has 1 fully saturated rings. The molecular formula is C12H17BrN2. The topological polar surface area (TPSA) is 24.9 Å². The van der Waals surface area contributed by atoms with Crippen LogP contribution in [-0.2, 0) is 0 Å². The number of halogens is 1. The van der Waals surface area contributed by atoms with Gasteiger partial charge in [0.25, 0.3) is 0 Å². The lowest BCUT2D eigenvalue weighted by atomic mass is 9.83. The van der Waals surface area contributed by atoms with Gasteiger partial charge in [0, 0.05) is 12.7 Å². The number of hydrogen-bond acceptors (Lipinski definition) is 2. The number of nitrogens with one attached hydrogen (secondary N) is 1. The van der Waals surface area contributed by atoms with Gasteiger partial charge in [-0.3, -0.25) is 0 Å². The average molecular weight is 269 g/mol. The highest BCUT2D eigenvalue weighted by Gasteiger charge is 2.16. The molecule has 0 radical (unpaired) electrons. The molecule has 1 saturated carbocycles. The molecule has 1 aromatic rings. The first-order valence-corrected chi connectivity index (χ1v) is 6.41. The second kappa shape index (κ2) is 4.97. The van der Waals surface area contributed by atoms with Crippen LogP contribution < -0.4 is 5.32 Å². The van der Waals surface area contributed by atoms with Gasteiger partial charge in [-0.15, -0.1) is 0 Å². The normalized spacial score (nSPS) is 16.1. The monoisotopic (exact) mass is 268 g/mol. The second-order valence-corrected chi connectivity index (χ2v) is 5.21. The fourth-order valence-corrected chi connectivity index (χ4v) is 2.44. The van der Waals surface area contributed by atoms with Crippen LogP contribution in [-0.4, -0.2) is 11.5 Å². The molecule has 0 unspecified atom stereocenters. The third-order valence-electron chi connectivity index (χ3n) is 3.05. The molecular weight excluding hydrogens is 252 g/mol. The molecule has 15 heavy (non-hydrogen) atoms. The molecule has 82 valence electrons. The lowest BCUT2D eigenvalue weighted by Crippen LogP contribution is -2.16. The second-order valence-electron chi connectivity index (χ2n) is 4.36. The summed E-state index contributed by atoms with van der Waals surface area (Å²) in [7, 11) is 0. The van der Waals surface area contributed by atoms with Crippen molar-refractivity contribution in [2.75, 3.05) is 11.9 Å². The fraction of sp³-hybridized carbons (Fsp3) is 0.583. The van der Waals surface area contributed by atoms with Gasteiger partial charge >= 0.3 is 0 Å². The summed E-state index contributed by atoms with van der Waals surface area (Å²) in [6, 6.07) is 2.10. The van der Waals surface area contributed by atoms with Gasteiger partial charge in [0.15, 0.2) is 0 Å². The van der Waals surface area contributed by atoms with E-state index in [1.165, 1.54) is 31.2 Å². The molecule has 1 aliphatic carbocycles. The molecule has 2 rings (SSSR count). The lowest BCUT2D eigenvalue weighted by Gasteiger charge is -2.25. The Balaban J connectivity index is 1.81. The third kappa shape index (κ3) is 2.94. The van der Waals surface area contributed by atoms with E-state index in [0.717, 1.165) is 22.8 Å². The lowest BCUT2D eigenvalue weighted by molar-refractivity contribution is 0.303. The van der Waals surface area contributed by atoms with Gasteiger partial charge in [0.2, 0.25) is 0 Å². The molecule has 0 amide bonds. The Hall–Kier alpha value is -0.570. The zero-order valence-corrected chi connectivity index (χ0v) is 10.7. The number of nitrogens with zero attached hydrogens (tertiary/aromatic N) is 1. The first-order valence-electron chi connectivity index (χ1n) is 5.62. The minimum atomic E-state index is 0.960. The van der Waals surface area contributed by atoms with Crippen molar-refractivity contribution in [2.45, 2.75) is 32.6 Å². The van der Waals surface area contributed by atoms with Crippen LogP contribution in [0.2, 0.25) is 0 Å². The maximum Gasteiger partial charge on any atom is 0.140 e. The summed E-state index contributed by atoms with van der Waals surface area (Å²) in [6.07, 6.45) is 7.45. The van der Waals surface area contributed by atoms with E-state index in [1.807, 2.05) is 6.20 Å². The number of aromatic nitrogens is 1. The van der Waals surface area contributed by atoms with E-state index in [4.69, 9.17) is 0 Å². The van der Waals surface area contributed by atoms with Crippen molar-refractivity contribution in [3.8, 4) is 0 Å². The minimum absolute atomic E-state index is 0.960. The molecule has 0 bridgehead atoms. The number of pyridine rings is 1. The minimum Gasteiger partial charge on any atom is -0.369 e. The van der Waals surface area contributed by atoms with E-state index in [9.17, 15) is 0 Å². The van der Waals surface area contributed by atoms with Crippen LogP contribution in [0.15, 0.2) is 16.7 Å². The van der Waals surface area contributed by atoms with Crippen LogP contribution in [0.25, 0.3) is 0 Å². The average Bonchev–Trinajstić information content (AvgIpc) is 2.12. The molecule has 0 atom stereocenters. The molecule has 1 aromatic heterocycles. The van der Waals surface area contributed by atoms with Crippen molar-refractivity contribution in [1.82, 2.24) is 4.98 Å². The Labute approximate surface area is 99.6 Å². The van der Waals surface area contributed by atoms with E-state index < -0.39 is 0 Å². The number of aryl methyl sites for hydroxylation is 1. The van der Waals surface area contributed by atoms with Gasteiger partial charge in [0.1, 0.15) is 5.82 Å². The van der Waals surface area contributed by atoms with Crippen LogP contribution >= 0.6 is 15.9 Å². The van der Waals surface area contributed by atoms with Crippen LogP contribution in [0.5, 0.6) is 0 Å².